The van der Waals surface area contributed by atoms with Crippen LogP contribution in [0.2, 0.25) is 5.02 Å². The van der Waals surface area contributed by atoms with Gasteiger partial charge < -0.3 is 10.6 Å². The molecule has 2 aromatic rings. The third-order valence-electron chi connectivity index (χ3n) is 2.77. The summed E-state index contributed by atoms with van der Waals surface area (Å²) in [4.78, 5) is 11.8. The highest BCUT2D eigenvalue weighted by molar-refractivity contribution is 9.10. The molecule has 2 rings (SSSR count). The lowest BCUT2D eigenvalue weighted by Crippen LogP contribution is -2.22. The van der Waals surface area contributed by atoms with Crippen LogP contribution in [-0.4, -0.2) is 12.5 Å². The average Bonchev–Trinajstić information content (AvgIpc) is 2.41. The number of hydrogen-bond donors (Lipinski definition) is 2. The molecular weight excluding hydrogens is 359 g/mol. The zero-order valence-electron chi connectivity index (χ0n) is 11.2. The molecule has 3 nitrogen and oxygen atoms in total. The Morgan fingerprint density at radius 1 is 1.24 bits per heavy atom. The van der Waals surface area contributed by atoms with E-state index in [2.05, 4.69) is 26.6 Å². The molecule has 0 heterocycles. The van der Waals surface area contributed by atoms with Gasteiger partial charge in [0, 0.05) is 4.47 Å². The van der Waals surface area contributed by atoms with Crippen molar-refractivity contribution in [2.75, 3.05) is 17.2 Å². The van der Waals surface area contributed by atoms with Crippen LogP contribution in [0.3, 0.4) is 0 Å². The molecule has 0 atom stereocenters. The van der Waals surface area contributed by atoms with Gasteiger partial charge in [0.15, 0.2) is 0 Å². The second kappa shape index (κ2) is 6.91. The van der Waals surface area contributed by atoms with Crippen molar-refractivity contribution in [3.63, 3.8) is 0 Å². The van der Waals surface area contributed by atoms with E-state index in [1.54, 1.807) is 18.2 Å². The Labute approximate surface area is 135 Å². The van der Waals surface area contributed by atoms with Crippen molar-refractivity contribution >= 4 is 44.8 Å². The topological polar surface area (TPSA) is 41.1 Å². The van der Waals surface area contributed by atoms with Gasteiger partial charge in [-0.3, -0.25) is 4.79 Å². The molecule has 0 saturated heterocycles. The van der Waals surface area contributed by atoms with Crippen molar-refractivity contribution in [1.29, 1.82) is 0 Å². The Morgan fingerprint density at radius 3 is 2.62 bits per heavy atom. The van der Waals surface area contributed by atoms with Gasteiger partial charge >= 0.3 is 0 Å². The van der Waals surface area contributed by atoms with Crippen LogP contribution in [-0.2, 0) is 4.79 Å². The lowest BCUT2D eigenvalue weighted by Gasteiger charge is -2.10. The maximum absolute atomic E-state index is 13.6. The maximum atomic E-state index is 13.6. The number of hydrogen-bond acceptors (Lipinski definition) is 2. The van der Waals surface area contributed by atoms with Gasteiger partial charge in [0.05, 0.1) is 22.9 Å². The predicted molar refractivity (Wildman–Crippen MR) is 87.4 cm³/mol. The lowest BCUT2D eigenvalue weighted by atomic mass is 10.2. The van der Waals surface area contributed by atoms with Crippen molar-refractivity contribution < 1.29 is 9.18 Å². The highest BCUT2D eigenvalue weighted by atomic mass is 79.9. The molecule has 110 valence electrons. The van der Waals surface area contributed by atoms with Crippen molar-refractivity contribution in [3.8, 4) is 0 Å². The standard InChI is InChI=1S/C15H13BrClFN2O/c1-9-2-4-13(11(17)6-9)19-8-15(21)20-14-5-3-10(16)7-12(14)18/h2-7,19H,8H2,1H3,(H,20,21). The number of halogens is 3. The molecule has 0 radical (unpaired) electrons. The average molecular weight is 372 g/mol. The van der Waals surface area contributed by atoms with Gasteiger partial charge in [0.2, 0.25) is 5.91 Å². The van der Waals surface area contributed by atoms with Gasteiger partial charge in [-0.2, -0.15) is 0 Å². The number of aryl methyl sites for hydroxylation is 1. The Morgan fingerprint density at radius 2 is 1.95 bits per heavy atom. The minimum Gasteiger partial charge on any atom is -0.375 e. The van der Waals surface area contributed by atoms with Crippen molar-refractivity contribution in [1.82, 2.24) is 0 Å². The first kappa shape index (κ1) is 15.8. The van der Waals surface area contributed by atoms with E-state index in [4.69, 9.17) is 11.6 Å². The first-order chi connectivity index (χ1) is 9.95. The normalized spacial score (nSPS) is 10.3. The van der Waals surface area contributed by atoms with Crippen LogP contribution in [0.15, 0.2) is 40.9 Å². The molecule has 0 aliphatic carbocycles. The molecule has 0 aliphatic rings. The fourth-order valence-corrected chi connectivity index (χ4v) is 2.36. The zero-order chi connectivity index (χ0) is 15.4. The van der Waals surface area contributed by atoms with E-state index in [1.807, 2.05) is 13.0 Å². The molecule has 0 unspecified atom stereocenters. The van der Waals surface area contributed by atoms with E-state index in [0.717, 1.165) is 5.56 Å². The van der Waals surface area contributed by atoms with Crippen LogP contribution in [0, 0.1) is 12.7 Å². The minimum atomic E-state index is -0.494. The van der Waals surface area contributed by atoms with Crippen molar-refractivity contribution in [2.45, 2.75) is 6.92 Å². The van der Waals surface area contributed by atoms with Crippen LogP contribution >= 0.6 is 27.5 Å². The van der Waals surface area contributed by atoms with Gasteiger partial charge in [0.1, 0.15) is 5.82 Å². The molecule has 0 spiro atoms. The first-order valence-electron chi connectivity index (χ1n) is 6.20. The Kier molecular flexibility index (Phi) is 5.20. The summed E-state index contributed by atoms with van der Waals surface area (Å²) in [6.45, 7) is 1.93. The molecule has 21 heavy (non-hydrogen) atoms. The number of amides is 1. The Balaban J connectivity index is 1.96. The second-order valence-electron chi connectivity index (χ2n) is 4.51. The molecule has 0 aromatic heterocycles. The fourth-order valence-electron chi connectivity index (χ4n) is 1.72. The summed E-state index contributed by atoms with van der Waals surface area (Å²) in [6.07, 6.45) is 0. The zero-order valence-corrected chi connectivity index (χ0v) is 13.6. The largest absolute Gasteiger partial charge is 0.375 e. The van der Waals surface area contributed by atoms with Crippen LogP contribution in [0.4, 0.5) is 15.8 Å². The lowest BCUT2D eigenvalue weighted by molar-refractivity contribution is -0.114. The number of anilines is 2. The van der Waals surface area contributed by atoms with E-state index >= 15 is 0 Å². The van der Waals surface area contributed by atoms with Gasteiger partial charge in [-0.1, -0.05) is 33.6 Å². The maximum Gasteiger partial charge on any atom is 0.243 e. The molecule has 6 heteroatoms. The first-order valence-corrected chi connectivity index (χ1v) is 7.38. The fraction of sp³-hybridized carbons (Fsp3) is 0.133. The summed E-state index contributed by atoms with van der Waals surface area (Å²) < 4.78 is 14.2. The quantitative estimate of drug-likeness (QED) is 0.824. The molecule has 0 fully saturated rings. The van der Waals surface area contributed by atoms with E-state index in [-0.39, 0.29) is 18.1 Å². The second-order valence-corrected chi connectivity index (χ2v) is 5.83. The third kappa shape index (κ3) is 4.44. The SMILES string of the molecule is Cc1ccc(NCC(=O)Nc2ccc(Br)cc2F)c(Cl)c1. The van der Waals surface area contributed by atoms with Gasteiger partial charge in [-0.25, -0.2) is 4.39 Å². The summed E-state index contributed by atoms with van der Waals surface area (Å²) in [7, 11) is 0. The summed E-state index contributed by atoms with van der Waals surface area (Å²) in [6, 6.07) is 9.93. The number of benzene rings is 2. The van der Waals surface area contributed by atoms with Gasteiger partial charge in [-0.15, -0.1) is 0 Å². The molecule has 0 bridgehead atoms. The molecule has 0 aliphatic heterocycles. The molecule has 2 aromatic carbocycles. The monoisotopic (exact) mass is 370 g/mol. The highest BCUT2D eigenvalue weighted by Crippen LogP contribution is 2.23. The summed E-state index contributed by atoms with van der Waals surface area (Å²) in [5, 5.41) is 5.95. The number of carbonyl (C=O) groups excluding carboxylic acids is 1. The van der Waals surface area contributed by atoms with Crippen LogP contribution in [0.25, 0.3) is 0 Å². The van der Waals surface area contributed by atoms with E-state index in [0.29, 0.717) is 15.2 Å². The van der Waals surface area contributed by atoms with Crippen LogP contribution < -0.4 is 10.6 Å². The predicted octanol–water partition coefficient (Wildman–Crippen LogP) is 4.60. The Hall–Kier alpha value is -1.59. The summed E-state index contributed by atoms with van der Waals surface area (Å²) >= 11 is 9.21. The smallest absolute Gasteiger partial charge is 0.243 e. The number of rotatable bonds is 4. The minimum absolute atomic E-state index is 0.00170. The number of carbonyl (C=O) groups is 1. The van der Waals surface area contributed by atoms with Crippen LogP contribution in [0.1, 0.15) is 5.56 Å². The third-order valence-corrected chi connectivity index (χ3v) is 3.58. The van der Waals surface area contributed by atoms with E-state index in [1.165, 1.54) is 12.1 Å². The molecule has 0 saturated carbocycles. The molecule has 1 amide bonds. The highest BCUT2D eigenvalue weighted by Gasteiger charge is 2.08. The van der Waals surface area contributed by atoms with Gasteiger partial charge in [0.25, 0.3) is 0 Å². The Bertz CT molecular complexity index is 679. The summed E-state index contributed by atoms with van der Waals surface area (Å²) in [5.74, 6) is -0.848. The van der Waals surface area contributed by atoms with Crippen LogP contribution in [0.5, 0.6) is 0 Å². The number of nitrogens with one attached hydrogen (secondary N) is 2. The van der Waals surface area contributed by atoms with E-state index < -0.39 is 5.82 Å². The van der Waals surface area contributed by atoms with E-state index in [9.17, 15) is 9.18 Å². The summed E-state index contributed by atoms with van der Waals surface area (Å²) in [5.41, 5.74) is 1.83. The molecular formula is C15H13BrClFN2O. The van der Waals surface area contributed by atoms with Crippen molar-refractivity contribution in [2.24, 2.45) is 0 Å². The molecule has 2 N–H and O–H groups in total. The van der Waals surface area contributed by atoms with Crippen molar-refractivity contribution in [3.05, 3.63) is 57.3 Å². The van der Waals surface area contributed by atoms with Gasteiger partial charge in [-0.05, 0) is 42.8 Å².